The molecule has 2 aliphatic carbocycles. The van der Waals surface area contributed by atoms with Crippen LogP contribution in [0.1, 0.15) is 52.4 Å². The SMILES string of the molecule is CC.O=C(CN1CC2(CC(C(=O)Nc3cc(F)cc(Cl)c3)C2)C1)NC1CCCC1. The molecule has 2 N–H and O–H groups in total. The van der Waals surface area contributed by atoms with Crippen LogP contribution < -0.4 is 10.6 Å². The summed E-state index contributed by atoms with van der Waals surface area (Å²) in [5.41, 5.74) is 0.569. The predicted molar refractivity (Wildman–Crippen MR) is 113 cm³/mol. The van der Waals surface area contributed by atoms with Crippen molar-refractivity contribution in [3.8, 4) is 0 Å². The van der Waals surface area contributed by atoms with E-state index in [1.54, 1.807) is 6.07 Å². The number of halogens is 2. The van der Waals surface area contributed by atoms with Crippen molar-refractivity contribution in [1.29, 1.82) is 0 Å². The molecule has 1 aromatic carbocycles. The lowest BCUT2D eigenvalue weighted by molar-refractivity contribution is -0.144. The van der Waals surface area contributed by atoms with Crippen LogP contribution in [0.5, 0.6) is 0 Å². The molecule has 1 aromatic rings. The molecule has 2 amide bonds. The Bertz CT molecular complexity index is 717. The molecule has 0 atom stereocenters. The van der Waals surface area contributed by atoms with Gasteiger partial charge in [-0.15, -0.1) is 0 Å². The van der Waals surface area contributed by atoms with Gasteiger partial charge in [0.25, 0.3) is 0 Å². The van der Waals surface area contributed by atoms with Gasteiger partial charge in [-0.25, -0.2) is 4.39 Å². The zero-order valence-electron chi connectivity index (χ0n) is 17.3. The summed E-state index contributed by atoms with van der Waals surface area (Å²) in [5, 5.41) is 6.14. The molecule has 5 nitrogen and oxygen atoms in total. The lowest BCUT2D eigenvalue weighted by Gasteiger charge is -2.58. The maximum Gasteiger partial charge on any atom is 0.234 e. The van der Waals surface area contributed by atoms with Crippen LogP contribution in [0.25, 0.3) is 0 Å². The Morgan fingerprint density at radius 3 is 2.45 bits per heavy atom. The number of nitrogens with one attached hydrogen (secondary N) is 2. The van der Waals surface area contributed by atoms with Crippen LogP contribution in [0.2, 0.25) is 5.02 Å². The number of rotatable bonds is 5. The summed E-state index contributed by atoms with van der Waals surface area (Å²) in [7, 11) is 0. The molecule has 4 rings (SSSR count). The summed E-state index contributed by atoms with van der Waals surface area (Å²) in [6, 6.07) is 4.39. The molecular formula is C22H31ClFN3O2. The normalized spacial score (nSPS) is 21.0. The highest BCUT2D eigenvalue weighted by atomic mass is 35.5. The Hall–Kier alpha value is -1.66. The van der Waals surface area contributed by atoms with E-state index < -0.39 is 5.82 Å². The molecule has 1 saturated heterocycles. The van der Waals surface area contributed by atoms with Crippen molar-refractivity contribution in [3.63, 3.8) is 0 Å². The number of likely N-dealkylation sites (tertiary alicyclic amines) is 1. The third-order valence-corrected chi connectivity index (χ3v) is 6.28. The molecule has 160 valence electrons. The molecular weight excluding hydrogens is 393 g/mol. The van der Waals surface area contributed by atoms with Crippen molar-refractivity contribution in [2.24, 2.45) is 11.3 Å². The van der Waals surface area contributed by atoms with Crippen molar-refractivity contribution in [3.05, 3.63) is 29.0 Å². The molecule has 0 aromatic heterocycles. The topological polar surface area (TPSA) is 61.4 Å². The second kappa shape index (κ2) is 9.43. The maximum atomic E-state index is 13.4. The van der Waals surface area contributed by atoms with Gasteiger partial charge in [-0.2, -0.15) is 0 Å². The van der Waals surface area contributed by atoms with Crippen molar-refractivity contribution in [2.45, 2.75) is 58.4 Å². The average molecular weight is 424 g/mol. The van der Waals surface area contributed by atoms with Gasteiger partial charge in [0, 0.05) is 35.8 Å². The molecule has 2 saturated carbocycles. The smallest absolute Gasteiger partial charge is 0.234 e. The van der Waals surface area contributed by atoms with Crippen LogP contribution in [0.15, 0.2) is 18.2 Å². The molecule has 7 heteroatoms. The minimum absolute atomic E-state index is 0.0542. The highest BCUT2D eigenvalue weighted by molar-refractivity contribution is 6.30. The van der Waals surface area contributed by atoms with Gasteiger partial charge in [0.2, 0.25) is 11.8 Å². The summed E-state index contributed by atoms with van der Waals surface area (Å²) >= 11 is 5.82. The maximum absolute atomic E-state index is 13.4. The summed E-state index contributed by atoms with van der Waals surface area (Å²) in [5.74, 6) is -0.483. The summed E-state index contributed by atoms with van der Waals surface area (Å²) in [4.78, 5) is 26.6. The number of anilines is 1. The van der Waals surface area contributed by atoms with E-state index in [4.69, 9.17) is 11.6 Å². The molecule has 1 heterocycles. The van der Waals surface area contributed by atoms with E-state index in [1.165, 1.54) is 25.0 Å². The van der Waals surface area contributed by atoms with Crippen LogP contribution in [-0.4, -0.2) is 42.4 Å². The fraction of sp³-hybridized carbons (Fsp3) is 0.636. The van der Waals surface area contributed by atoms with Gasteiger partial charge in [-0.05, 0) is 49.3 Å². The number of benzene rings is 1. The Kier molecular flexibility index (Phi) is 7.17. The second-order valence-electron chi connectivity index (χ2n) is 8.45. The van der Waals surface area contributed by atoms with Crippen molar-refractivity contribution < 1.29 is 14.0 Å². The summed E-state index contributed by atoms with van der Waals surface area (Å²) < 4.78 is 13.4. The number of hydrogen-bond acceptors (Lipinski definition) is 3. The number of carbonyl (C=O) groups excluding carboxylic acids is 2. The van der Waals surface area contributed by atoms with Crippen molar-refractivity contribution >= 4 is 29.1 Å². The van der Waals surface area contributed by atoms with E-state index >= 15 is 0 Å². The van der Waals surface area contributed by atoms with Gasteiger partial charge >= 0.3 is 0 Å². The lowest BCUT2D eigenvalue weighted by Crippen LogP contribution is -2.65. The fourth-order valence-electron chi connectivity index (χ4n) is 4.86. The highest BCUT2D eigenvalue weighted by Crippen LogP contribution is 2.52. The lowest BCUT2D eigenvalue weighted by atomic mass is 9.57. The van der Waals surface area contributed by atoms with E-state index in [0.717, 1.165) is 38.8 Å². The third kappa shape index (κ3) is 5.48. The average Bonchev–Trinajstić information content (AvgIpc) is 3.09. The van der Waals surface area contributed by atoms with Crippen LogP contribution in [0.4, 0.5) is 10.1 Å². The van der Waals surface area contributed by atoms with E-state index in [9.17, 15) is 14.0 Å². The van der Waals surface area contributed by atoms with E-state index in [2.05, 4.69) is 15.5 Å². The van der Waals surface area contributed by atoms with Crippen LogP contribution in [0.3, 0.4) is 0 Å². The van der Waals surface area contributed by atoms with Crippen LogP contribution >= 0.6 is 11.6 Å². The molecule has 29 heavy (non-hydrogen) atoms. The fourth-order valence-corrected chi connectivity index (χ4v) is 5.08. The zero-order valence-corrected chi connectivity index (χ0v) is 18.0. The van der Waals surface area contributed by atoms with Gasteiger partial charge in [0.1, 0.15) is 5.82 Å². The molecule has 0 unspecified atom stereocenters. The molecule has 1 spiro atoms. The number of nitrogens with zero attached hydrogens (tertiary/aromatic N) is 1. The van der Waals surface area contributed by atoms with Gasteiger partial charge in [-0.1, -0.05) is 38.3 Å². The Morgan fingerprint density at radius 1 is 1.17 bits per heavy atom. The summed E-state index contributed by atoms with van der Waals surface area (Å²) in [6.45, 7) is 6.21. The van der Waals surface area contributed by atoms with E-state index in [-0.39, 0.29) is 28.2 Å². The third-order valence-electron chi connectivity index (χ3n) is 6.07. The molecule has 1 aliphatic heterocycles. The Morgan fingerprint density at radius 2 is 1.83 bits per heavy atom. The molecule has 3 fully saturated rings. The number of hydrogen-bond donors (Lipinski definition) is 2. The predicted octanol–water partition coefficient (Wildman–Crippen LogP) is 4.21. The first-order valence-corrected chi connectivity index (χ1v) is 11.1. The minimum Gasteiger partial charge on any atom is -0.352 e. The first-order chi connectivity index (χ1) is 13.9. The number of carbonyl (C=O) groups is 2. The largest absolute Gasteiger partial charge is 0.352 e. The van der Waals surface area contributed by atoms with Gasteiger partial charge in [0.05, 0.1) is 6.54 Å². The summed E-state index contributed by atoms with van der Waals surface area (Å²) in [6.07, 6.45) is 6.27. The minimum atomic E-state index is -0.464. The quantitative estimate of drug-likeness (QED) is 0.745. The highest BCUT2D eigenvalue weighted by Gasteiger charge is 2.54. The molecule has 0 bridgehead atoms. The van der Waals surface area contributed by atoms with Crippen LogP contribution in [0, 0.1) is 17.2 Å². The monoisotopic (exact) mass is 423 g/mol. The van der Waals surface area contributed by atoms with Crippen molar-refractivity contribution in [1.82, 2.24) is 10.2 Å². The van der Waals surface area contributed by atoms with Crippen molar-refractivity contribution in [2.75, 3.05) is 25.0 Å². The van der Waals surface area contributed by atoms with Gasteiger partial charge in [-0.3, -0.25) is 14.5 Å². The molecule has 0 radical (unpaired) electrons. The standard InChI is InChI=1S/C20H25ClFN3O2.C2H6/c21-14-5-15(22)7-17(6-14)24-19(27)13-8-20(9-13)11-25(12-20)10-18(26)23-16-3-1-2-4-16;1-2/h5-7,13,16H,1-4,8-12H2,(H,23,26)(H,24,27);1-2H3. The van der Waals surface area contributed by atoms with Gasteiger partial charge < -0.3 is 10.6 Å². The second-order valence-corrected chi connectivity index (χ2v) is 8.88. The van der Waals surface area contributed by atoms with Crippen LogP contribution in [-0.2, 0) is 9.59 Å². The van der Waals surface area contributed by atoms with E-state index in [1.807, 2.05) is 13.8 Å². The Labute approximate surface area is 177 Å². The number of amides is 2. The van der Waals surface area contributed by atoms with E-state index in [0.29, 0.717) is 18.3 Å². The zero-order chi connectivity index (χ0) is 21.0. The molecule has 3 aliphatic rings. The first kappa shape index (κ1) is 22.0. The Balaban J connectivity index is 0.00000117. The first-order valence-electron chi connectivity index (χ1n) is 10.7. The van der Waals surface area contributed by atoms with Gasteiger partial charge in [0.15, 0.2) is 0 Å².